The van der Waals surface area contributed by atoms with Crippen molar-refractivity contribution in [3.63, 3.8) is 0 Å². The topological polar surface area (TPSA) is 93.1 Å². The first-order valence-electron chi connectivity index (χ1n) is 12.0. The van der Waals surface area contributed by atoms with Gasteiger partial charge in [0.25, 0.3) is 0 Å². The number of carboxylic acids is 2. The second-order valence-electron chi connectivity index (χ2n) is 8.29. The van der Waals surface area contributed by atoms with Crippen molar-refractivity contribution in [2.24, 2.45) is 0 Å². The van der Waals surface area contributed by atoms with Crippen LogP contribution in [0.25, 0.3) is 0 Å². The number of hydrogen-bond donors (Lipinski definition) is 2. The van der Waals surface area contributed by atoms with Gasteiger partial charge >= 0.3 is 11.9 Å². The van der Waals surface area contributed by atoms with Crippen molar-refractivity contribution < 1.29 is 29.3 Å². The molecule has 1 fully saturated rings. The molecule has 186 valence electrons. The third-order valence-electron chi connectivity index (χ3n) is 5.56. The van der Waals surface area contributed by atoms with Crippen molar-refractivity contribution in [3.8, 4) is 5.75 Å². The molecule has 2 N–H and O–H groups in total. The lowest BCUT2D eigenvalue weighted by atomic mass is 9.91. The average Bonchev–Trinajstić information content (AvgIpc) is 3.27. The number of carboxylic acid groups (broad SMARTS) is 2. The van der Waals surface area contributed by atoms with E-state index >= 15 is 0 Å². The van der Waals surface area contributed by atoms with Crippen LogP contribution in [0.4, 0.5) is 0 Å². The number of ether oxygens (including phenoxy) is 2. The molecule has 1 saturated heterocycles. The minimum atomic E-state index is -0.745. The highest BCUT2D eigenvalue weighted by Gasteiger charge is 2.26. The van der Waals surface area contributed by atoms with E-state index in [0.29, 0.717) is 11.7 Å². The van der Waals surface area contributed by atoms with Crippen LogP contribution in [-0.4, -0.2) is 57.6 Å². The van der Waals surface area contributed by atoms with Crippen molar-refractivity contribution in [1.29, 1.82) is 0 Å². The van der Waals surface area contributed by atoms with Gasteiger partial charge in [0.15, 0.2) is 0 Å². The minimum Gasteiger partial charge on any atom is -0.493 e. The van der Waals surface area contributed by atoms with Crippen LogP contribution in [-0.2, 0) is 27.2 Å². The van der Waals surface area contributed by atoms with Gasteiger partial charge in [0.05, 0.1) is 13.2 Å². The van der Waals surface area contributed by atoms with E-state index in [2.05, 4.69) is 18.2 Å². The summed E-state index contributed by atoms with van der Waals surface area (Å²) < 4.78 is 11.8. The van der Waals surface area contributed by atoms with Gasteiger partial charge in [-0.1, -0.05) is 19.1 Å². The van der Waals surface area contributed by atoms with Gasteiger partial charge in [-0.05, 0) is 74.3 Å². The lowest BCUT2D eigenvalue weighted by Gasteiger charge is -2.19. The Labute approximate surface area is 206 Å². The fourth-order valence-corrected chi connectivity index (χ4v) is 6.28. The van der Waals surface area contributed by atoms with Crippen LogP contribution in [0.3, 0.4) is 0 Å². The molecule has 2 atom stereocenters. The first-order chi connectivity index (χ1) is 16.0. The Bertz CT molecular complexity index is 727. The lowest BCUT2D eigenvalue weighted by molar-refractivity contribution is -0.138. The van der Waals surface area contributed by atoms with E-state index in [-0.39, 0.29) is 18.3 Å². The average molecular weight is 499 g/mol. The molecule has 33 heavy (non-hydrogen) atoms. The normalized spacial score (nSPS) is 19.3. The summed E-state index contributed by atoms with van der Waals surface area (Å²) in [4.78, 5) is 20.0. The third kappa shape index (κ3) is 11.5. The molecule has 0 bridgehead atoms. The molecule has 0 aromatic heterocycles. The molecule has 8 heteroatoms. The summed E-state index contributed by atoms with van der Waals surface area (Å²) >= 11 is 3.80. The lowest BCUT2D eigenvalue weighted by Crippen LogP contribution is -2.07. The summed E-state index contributed by atoms with van der Waals surface area (Å²) in [6.45, 7) is 3.18. The maximum atomic E-state index is 10.6. The molecule has 0 radical (unpaired) electrons. The molecule has 0 amide bonds. The second-order valence-corrected chi connectivity index (χ2v) is 10.9. The van der Waals surface area contributed by atoms with Gasteiger partial charge in [0.2, 0.25) is 0 Å². The maximum Gasteiger partial charge on any atom is 0.303 e. The van der Waals surface area contributed by atoms with Crippen LogP contribution in [0.5, 0.6) is 5.75 Å². The zero-order valence-electron chi connectivity index (χ0n) is 19.6. The zero-order valence-corrected chi connectivity index (χ0v) is 21.3. The molecule has 6 nitrogen and oxygen atoms in total. The number of unbranched alkanes of at least 4 members (excludes halogenated alkanes) is 2. The Morgan fingerprint density at radius 3 is 2.70 bits per heavy atom. The fourth-order valence-electron chi connectivity index (χ4n) is 3.75. The number of benzene rings is 1. The smallest absolute Gasteiger partial charge is 0.303 e. The van der Waals surface area contributed by atoms with Crippen LogP contribution in [0.1, 0.15) is 69.4 Å². The van der Waals surface area contributed by atoms with E-state index in [1.54, 1.807) is 18.7 Å². The summed E-state index contributed by atoms with van der Waals surface area (Å²) in [6.07, 6.45) is 9.55. The number of fused-ring (bicyclic) bond motifs is 1. The highest BCUT2D eigenvalue weighted by Crippen LogP contribution is 2.33. The van der Waals surface area contributed by atoms with E-state index in [1.165, 1.54) is 55.4 Å². The molecule has 1 heterocycles. The number of thioether (sulfide) groups is 2. The first kappa shape index (κ1) is 27.9. The molecule has 0 saturated carbocycles. The molecule has 1 aromatic rings. The van der Waals surface area contributed by atoms with Crippen LogP contribution >= 0.6 is 23.5 Å². The predicted octanol–water partition coefficient (Wildman–Crippen LogP) is 5.65. The summed E-state index contributed by atoms with van der Waals surface area (Å²) in [5.41, 5.74) is 3.00. The van der Waals surface area contributed by atoms with Crippen molar-refractivity contribution in [3.05, 3.63) is 29.3 Å². The van der Waals surface area contributed by atoms with Crippen molar-refractivity contribution >= 4 is 35.5 Å². The molecule has 2 aliphatic rings. The van der Waals surface area contributed by atoms with Crippen molar-refractivity contribution in [2.45, 2.75) is 81.8 Å². The van der Waals surface area contributed by atoms with Crippen molar-refractivity contribution in [1.82, 2.24) is 0 Å². The zero-order chi connectivity index (χ0) is 23.9. The highest BCUT2D eigenvalue weighted by molar-refractivity contribution is 8.03. The van der Waals surface area contributed by atoms with E-state index in [0.717, 1.165) is 31.1 Å². The molecule has 1 aromatic carbocycles. The largest absolute Gasteiger partial charge is 0.493 e. The quantitative estimate of drug-likeness (QED) is 0.337. The predicted molar refractivity (Wildman–Crippen MR) is 136 cm³/mol. The number of hydrogen-bond acceptors (Lipinski definition) is 6. The molecule has 2 unspecified atom stereocenters. The Balaban J connectivity index is 0.000000696. The van der Waals surface area contributed by atoms with E-state index in [9.17, 15) is 9.59 Å². The maximum absolute atomic E-state index is 10.6. The Morgan fingerprint density at radius 2 is 1.94 bits per heavy atom. The molecular formula is C25H38O6S2. The van der Waals surface area contributed by atoms with Gasteiger partial charge in [0.1, 0.15) is 11.2 Å². The number of aliphatic carboxylic acids is 2. The van der Waals surface area contributed by atoms with Gasteiger partial charge < -0.3 is 19.7 Å². The molecule has 1 aliphatic carbocycles. The minimum absolute atomic E-state index is 0.0718. The highest BCUT2D eigenvalue weighted by atomic mass is 32.2. The van der Waals surface area contributed by atoms with Gasteiger partial charge in [-0.2, -0.15) is 11.8 Å². The van der Waals surface area contributed by atoms with Gasteiger partial charge in [0, 0.05) is 23.8 Å². The standard InChI is InChI=1S/C22H32O4S2.C3H6O2/c23-21(24)11-12-22-26-15-18(28-22)16-27-14-5-1-4-13-25-20-10-6-8-17-7-2-3-9-19(17)20;1-2-3(4)5/h6,8,10,18,22H,1-5,7,9,11-16H2,(H,23,24);2H2,1H3,(H,4,5). The SMILES string of the molecule is CCC(=O)O.O=C(O)CCC1OCC(CSCCCCCOc2cccc3c2CCCC3)S1. The van der Waals surface area contributed by atoms with Gasteiger partial charge in [-0.25, -0.2) is 0 Å². The molecule has 3 rings (SSSR count). The Kier molecular flexibility index (Phi) is 13.7. The summed E-state index contributed by atoms with van der Waals surface area (Å²) in [5.74, 6) is 1.91. The first-order valence-corrected chi connectivity index (χ1v) is 14.1. The molecular weight excluding hydrogens is 460 g/mol. The van der Waals surface area contributed by atoms with Gasteiger partial charge in [-0.15, -0.1) is 11.8 Å². The second kappa shape index (κ2) is 16.3. The van der Waals surface area contributed by atoms with E-state index in [4.69, 9.17) is 19.7 Å². The monoisotopic (exact) mass is 498 g/mol. The number of aryl methyl sites for hydroxylation is 1. The van der Waals surface area contributed by atoms with Gasteiger partial charge in [-0.3, -0.25) is 9.59 Å². The van der Waals surface area contributed by atoms with Crippen molar-refractivity contribution in [2.75, 3.05) is 24.7 Å². The Morgan fingerprint density at radius 1 is 1.15 bits per heavy atom. The summed E-state index contributed by atoms with van der Waals surface area (Å²) in [7, 11) is 0. The van der Waals surface area contributed by atoms with Crippen LogP contribution in [0.2, 0.25) is 0 Å². The molecule has 1 aliphatic heterocycles. The Hall–Kier alpha value is -1.38. The number of rotatable bonds is 13. The van der Waals surface area contributed by atoms with Crippen LogP contribution < -0.4 is 4.74 Å². The fraction of sp³-hybridized carbons (Fsp3) is 0.680. The van der Waals surface area contributed by atoms with E-state index in [1.807, 2.05) is 11.8 Å². The summed E-state index contributed by atoms with van der Waals surface area (Å²) in [5, 5.41) is 17.0. The number of carbonyl (C=O) groups is 2. The third-order valence-corrected chi connectivity index (χ3v) is 8.35. The summed E-state index contributed by atoms with van der Waals surface area (Å²) in [6, 6.07) is 6.51. The van der Waals surface area contributed by atoms with Crippen LogP contribution in [0.15, 0.2) is 18.2 Å². The van der Waals surface area contributed by atoms with Crippen LogP contribution in [0, 0.1) is 0 Å². The molecule has 0 spiro atoms. The van der Waals surface area contributed by atoms with E-state index < -0.39 is 11.9 Å².